The van der Waals surface area contributed by atoms with E-state index in [-0.39, 0.29) is 12.2 Å². The Hall–Kier alpha value is -0.0800. The molecule has 0 saturated carbocycles. The molecule has 0 aliphatic rings. The molecule has 0 fully saturated rings. The summed E-state index contributed by atoms with van der Waals surface area (Å²) in [5, 5.41) is 9.35. The Morgan fingerprint density at radius 1 is 1.30 bits per heavy atom. The summed E-state index contributed by atoms with van der Waals surface area (Å²) in [6.07, 6.45) is 0.668. The van der Waals surface area contributed by atoms with Gasteiger partial charge in [-0.3, -0.25) is 0 Å². The second-order valence-electron chi connectivity index (χ2n) is 3.09. The molecule has 0 amide bonds. The molecule has 0 aromatic heterocycles. The highest BCUT2D eigenvalue weighted by atomic mass is 16.5. The van der Waals surface area contributed by atoms with Gasteiger partial charge in [0.2, 0.25) is 0 Å². The third-order valence-electron chi connectivity index (χ3n) is 1.75. The smallest absolute Gasteiger partial charge is 0.0587 e. The van der Waals surface area contributed by atoms with Crippen LogP contribution in [0.5, 0.6) is 0 Å². The predicted octanol–water partition coefficient (Wildman–Crippen LogP) is 1.43. The van der Waals surface area contributed by atoms with E-state index >= 15 is 0 Å². The number of aliphatic hydroxyl groups excluding tert-OH is 1. The molecule has 0 saturated heterocycles. The lowest BCUT2D eigenvalue weighted by Crippen LogP contribution is -2.21. The van der Waals surface area contributed by atoms with Gasteiger partial charge in [-0.05, 0) is 19.3 Å². The van der Waals surface area contributed by atoms with Crippen LogP contribution >= 0.6 is 0 Å². The van der Waals surface area contributed by atoms with E-state index in [2.05, 4.69) is 0 Å². The van der Waals surface area contributed by atoms with E-state index in [0.717, 1.165) is 6.42 Å². The minimum absolute atomic E-state index is 0.164. The van der Waals surface area contributed by atoms with Crippen LogP contribution in [-0.4, -0.2) is 24.4 Å². The molecular weight excluding hydrogens is 128 g/mol. The van der Waals surface area contributed by atoms with Crippen molar-refractivity contribution in [3.05, 3.63) is 0 Å². The van der Waals surface area contributed by atoms with Crippen molar-refractivity contribution in [3.8, 4) is 0 Å². The van der Waals surface area contributed by atoms with Crippen LogP contribution in [0.3, 0.4) is 0 Å². The van der Waals surface area contributed by atoms with Crippen LogP contribution in [0, 0.1) is 5.92 Å². The van der Waals surface area contributed by atoms with E-state index in [4.69, 9.17) is 4.74 Å². The number of methoxy groups -OCH3 is 1. The van der Waals surface area contributed by atoms with E-state index < -0.39 is 0 Å². The highest BCUT2D eigenvalue weighted by Gasteiger charge is 2.12. The molecule has 0 aliphatic heterocycles. The van der Waals surface area contributed by atoms with Gasteiger partial charge >= 0.3 is 0 Å². The van der Waals surface area contributed by atoms with Crippen LogP contribution in [0.25, 0.3) is 0 Å². The van der Waals surface area contributed by atoms with Crippen molar-refractivity contribution in [2.45, 2.75) is 39.4 Å². The van der Waals surface area contributed by atoms with Crippen LogP contribution < -0.4 is 0 Å². The van der Waals surface area contributed by atoms with Crippen LogP contribution in [0.4, 0.5) is 0 Å². The van der Waals surface area contributed by atoms with Crippen molar-refractivity contribution in [2.75, 3.05) is 7.11 Å². The van der Waals surface area contributed by atoms with Crippen LogP contribution in [-0.2, 0) is 4.74 Å². The van der Waals surface area contributed by atoms with Crippen molar-refractivity contribution in [2.24, 2.45) is 5.92 Å². The maximum atomic E-state index is 9.35. The molecular formula is C8H18O2. The van der Waals surface area contributed by atoms with Gasteiger partial charge in [0.15, 0.2) is 0 Å². The summed E-state index contributed by atoms with van der Waals surface area (Å²) in [7, 11) is 1.66. The van der Waals surface area contributed by atoms with E-state index in [1.54, 1.807) is 7.11 Å². The summed E-state index contributed by atoms with van der Waals surface area (Å²) in [6.45, 7) is 5.98. The molecule has 62 valence electrons. The molecule has 0 heterocycles. The fourth-order valence-electron chi connectivity index (χ4n) is 0.708. The lowest BCUT2D eigenvalue weighted by Gasteiger charge is -2.17. The molecule has 0 aromatic rings. The number of hydrogen-bond acceptors (Lipinski definition) is 2. The molecule has 0 aromatic carbocycles. The van der Waals surface area contributed by atoms with Gasteiger partial charge in [0.1, 0.15) is 0 Å². The van der Waals surface area contributed by atoms with Crippen molar-refractivity contribution in [1.29, 1.82) is 0 Å². The first-order valence-corrected chi connectivity index (χ1v) is 3.78. The maximum Gasteiger partial charge on any atom is 0.0587 e. The summed E-state index contributed by atoms with van der Waals surface area (Å²) in [5.74, 6) is 0.331. The standard InChI is InChI=1S/C8H18O2/c1-6(2)8(9)5-7(3)10-4/h6-9H,5H2,1-4H3. The summed E-state index contributed by atoms with van der Waals surface area (Å²) < 4.78 is 5.01. The Balaban J connectivity index is 3.46. The van der Waals surface area contributed by atoms with Crippen LogP contribution in [0.15, 0.2) is 0 Å². The third-order valence-corrected chi connectivity index (χ3v) is 1.75. The largest absolute Gasteiger partial charge is 0.393 e. The van der Waals surface area contributed by atoms with E-state index in [9.17, 15) is 5.11 Å². The zero-order chi connectivity index (χ0) is 8.15. The molecule has 0 radical (unpaired) electrons. The first-order valence-electron chi connectivity index (χ1n) is 3.78. The van der Waals surface area contributed by atoms with Gasteiger partial charge in [-0.1, -0.05) is 13.8 Å². The molecule has 2 heteroatoms. The molecule has 1 N–H and O–H groups in total. The molecule has 2 nitrogen and oxygen atoms in total. The van der Waals surface area contributed by atoms with Crippen molar-refractivity contribution < 1.29 is 9.84 Å². The lowest BCUT2D eigenvalue weighted by molar-refractivity contribution is 0.0363. The topological polar surface area (TPSA) is 29.5 Å². The number of hydrogen-bond donors (Lipinski definition) is 1. The van der Waals surface area contributed by atoms with Gasteiger partial charge in [-0.15, -0.1) is 0 Å². The van der Waals surface area contributed by atoms with E-state index in [0.29, 0.717) is 5.92 Å². The fourth-order valence-corrected chi connectivity index (χ4v) is 0.708. The second-order valence-corrected chi connectivity index (χ2v) is 3.09. The summed E-state index contributed by atoms with van der Waals surface area (Å²) in [5.41, 5.74) is 0. The second kappa shape index (κ2) is 4.69. The SMILES string of the molecule is COC(C)CC(O)C(C)C. The van der Waals surface area contributed by atoms with Crippen LogP contribution in [0.1, 0.15) is 27.2 Å². The molecule has 10 heavy (non-hydrogen) atoms. The van der Waals surface area contributed by atoms with Gasteiger partial charge < -0.3 is 9.84 Å². The van der Waals surface area contributed by atoms with E-state index in [1.165, 1.54) is 0 Å². The van der Waals surface area contributed by atoms with Gasteiger partial charge in [-0.25, -0.2) is 0 Å². The third kappa shape index (κ3) is 3.85. The van der Waals surface area contributed by atoms with Crippen molar-refractivity contribution in [1.82, 2.24) is 0 Å². The molecule has 0 bridgehead atoms. The fraction of sp³-hybridized carbons (Fsp3) is 1.00. The minimum Gasteiger partial charge on any atom is -0.393 e. The van der Waals surface area contributed by atoms with Crippen molar-refractivity contribution in [3.63, 3.8) is 0 Å². The monoisotopic (exact) mass is 146 g/mol. The Kier molecular flexibility index (Phi) is 4.65. The Morgan fingerprint density at radius 2 is 1.80 bits per heavy atom. The normalized spacial score (nSPS) is 17.4. The molecule has 0 spiro atoms. The molecule has 2 atom stereocenters. The summed E-state index contributed by atoms with van der Waals surface area (Å²) in [4.78, 5) is 0. The predicted molar refractivity (Wildman–Crippen MR) is 41.9 cm³/mol. The van der Waals surface area contributed by atoms with Gasteiger partial charge in [0, 0.05) is 7.11 Å². The Bertz CT molecular complexity index is 81.3. The zero-order valence-corrected chi connectivity index (χ0v) is 7.29. The quantitative estimate of drug-likeness (QED) is 0.650. The summed E-state index contributed by atoms with van der Waals surface area (Å²) >= 11 is 0. The van der Waals surface area contributed by atoms with Crippen LogP contribution in [0.2, 0.25) is 0 Å². The van der Waals surface area contributed by atoms with Gasteiger partial charge in [0.25, 0.3) is 0 Å². The van der Waals surface area contributed by atoms with Crippen molar-refractivity contribution >= 4 is 0 Å². The highest BCUT2D eigenvalue weighted by molar-refractivity contribution is 4.63. The lowest BCUT2D eigenvalue weighted by atomic mass is 10.0. The Labute approximate surface area is 63.2 Å². The molecule has 0 rings (SSSR count). The summed E-state index contributed by atoms with van der Waals surface area (Å²) in [6, 6.07) is 0. The number of aliphatic hydroxyl groups is 1. The Morgan fingerprint density at radius 3 is 2.10 bits per heavy atom. The molecule has 2 unspecified atom stereocenters. The maximum absolute atomic E-state index is 9.35. The highest BCUT2D eigenvalue weighted by Crippen LogP contribution is 2.09. The van der Waals surface area contributed by atoms with Gasteiger partial charge in [-0.2, -0.15) is 0 Å². The average molecular weight is 146 g/mol. The number of rotatable bonds is 4. The molecule has 0 aliphatic carbocycles. The van der Waals surface area contributed by atoms with Gasteiger partial charge in [0.05, 0.1) is 12.2 Å². The zero-order valence-electron chi connectivity index (χ0n) is 7.29. The first kappa shape index (κ1) is 9.92. The average Bonchev–Trinajstić information content (AvgIpc) is 1.87. The van der Waals surface area contributed by atoms with E-state index in [1.807, 2.05) is 20.8 Å². The first-order chi connectivity index (χ1) is 4.57. The minimum atomic E-state index is -0.227. The number of ether oxygens (including phenoxy) is 1.